The Labute approximate surface area is 159 Å². The Kier molecular flexibility index (Phi) is 7.02. The van der Waals surface area contributed by atoms with Crippen LogP contribution in [0.15, 0.2) is 29.2 Å². The molecule has 1 N–H and O–H groups in total. The summed E-state index contributed by atoms with van der Waals surface area (Å²) in [4.78, 5) is 25.7. The summed E-state index contributed by atoms with van der Waals surface area (Å²) in [6, 6.07) is 6.02. The molecular formula is C17H24ClN3O4S. The van der Waals surface area contributed by atoms with E-state index < -0.39 is 10.0 Å². The number of carbonyl (C=O) groups excluding carboxylic acids is 2. The van der Waals surface area contributed by atoms with E-state index in [9.17, 15) is 18.0 Å². The molecule has 1 atom stereocenters. The van der Waals surface area contributed by atoms with Crippen molar-refractivity contribution in [3.63, 3.8) is 0 Å². The Morgan fingerprint density at radius 2 is 1.73 bits per heavy atom. The number of nitrogens with one attached hydrogen (secondary N) is 1. The van der Waals surface area contributed by atoms with E-state index in [1.54, 1.807) is 11.8 Å². The van der Waals surface area contributed by atoms with E-state index in [1.165, 1.54) is 28.6 Å². The van der Waals surface area contributed by atoms with Crippen LogP contribution in [-0.4, -0.2) is 62.2 Å². The van der Waals surface area contributed by atoms with Crippen LogP contribution >= 0.6 is 11.6 Å². The van der Waals surface area contributed by atoms with Gasteiger partial charge in [-0.1, -0.05) is 25.4 Å². The van der Waals surface area contributed by atoms with Gasteiger partial charge >= 0.3 is 0 Å². The van der Waals surface area contributed by atoms with Gasteiger partial charge in [-0.15, -0.1) is 0 Å². The van der Waals surface area contributed by atoms with Crippen molar-refractivity contribution < 1.29 is 18.0 Å². The van der Waals surface area contributed by atoms with Gasteiger partial charge in [-0.2, -0.15) is 4.31 Å². The maximum Gasteiger partial charge on any atom is 0.243 e. The molecule has 0 aliphatic carbocycles. The highest BCUT2D eigenvalue weighted by molar-refractivity contribution is 7.89. The fourth-order valence-corrected chi connectivity index (χ4v) is 4.12. The second-order valence-electron chi connectivity index (χ2n) is 6.27. The van der Waals surface area contributed by atoms with Crippen LogP contribution in [0.3, 0.4) is 0 Å². The fourth-order valence-electron chi connectivity index (χ4n) is 2.57. The first kappa shape index (κ1) is 20.7. The summed E-state index contributed by atoms with van der Waals surface area (Å²) >= 11 is 5.80. The predicted molar refractivity (Wildman–Crippen MR) is 99.3 cm³/mol. The zero-order chi connectivity index (χ0) is 19.3. The fraction of sp³-hybridized carbons (Fsp3) is 0.529. The number of hydrogen-bond donors (Lipinski definition) is 1. The number of sulfonamides is 1. The molecule has 7 nitrogen and oxygen atoms in total. The summed E-state index contributed by atoms with van der Waals surface area (Å²) in [5.74, 6) is -0.487. The highest BCUT2D eigenvalue weighted by atomic mass is 35.5. The first-order valence-electron chi connectivity index (χ1n) is 8.57. The molecule has 0 bridgehead atoms. The number of halogens is 1. The van der Waals surface area contributed by atoms with Gasteiger partial charge in [0.25, 0.3) is 0 Å². The monoisotopic (exact) mass is 401 g/mol. The number of rotatable bonds is 6. The second kappa shape index (κ2) is 8.83. The van der Waals surface area contributed by atoms with Crippen LogP contribution in [-0.2, 0) is 19.6 Å². The topological polar surface area (TPSA) is 86.8 Å². The maximum atomic E-state index is 12.6. The summed E-state index contributed by atoms with van der Waals surface area (Å²) in [6.45, 7) is 4.68. The summed E-state index contributed by atoms with van der Waals surface area (Å²) in [5.41, 5.74) is 0. The molecule has 2 amide bonds. The third-order valence-corrected chi connectivity index (χ3v) is 6.68. The lowest BCUT2D eigenvalue weighted by molar-refractivity contribution is -0.134. The van der Waals surface area contributed by atoms with E-state index in [0.717, 1.165) is 0 Å². The molecule has 1 unspecified atom stereocenters. The number of piperazine rings is 1. The molecule has 1 saturated heterocycles. The van der Waals surface area contributed by atoms with E-state index in [4.69, 9.17) is 11.6 Å². The van der Waals surface area contributed by atoms with Gasteiger partial charge in [-0.25, -0.2) is 8.42 Å². The Bertz CT molecular complexity index is 744. The molecule has 26 heavy (non-hydrogen) atoms. The first-order valence-corrected chi connectivity index (χ1v) is 10.4. The summed E-state index contributed by atoms with van der Waals surface area (Å²) in [6.07, 6.45) is 0.710. The molecule has 1 aromatic rings. The van der Waals surface area contributed by atoms with E-state index in [0.29, 0.717) is 24.5 Å². The molecule has 1 heterocycles. The van der Waals surface area contributed by atoms with Gasteiger partial charge in [0.1, 0.15) is 0 Å². The Morgan fingerprint density at radius 1 is 1.15 bits per heavy atom. The van der Waals surface area contributed by atoms with Crippen LogP contribution in [0.5, 0.6) is 0 Å². The standard InChI is InChI=1S/C17H24ClN3O4S/c1-3-13(2)17(23)19-12-16(22)20-8-10-21(11-9-20)26(24,25)15-6-4-14(18)5-7-15/h4-7,13H,3,8-12H2,1-2H3,(H,19,23). The highest BCUT2D eigenvalue weighted by Gasteiger charge is 2.30. The zero-order valence-corrected chi connectivity index (χ0v) is 16.5. The largest absolute Gasteiger partial charge is 0.347 e. The molecule has 1 fully saturated rings. The van der Waals surface area contributed by atoms with Crippen molar-refractivity contribution >= 4 is 33.4 Å². The van der Waals surface area contributed by atoms with Crippen molar-refractivity contribution in [2.24, 2.45) is 5.92 Å². The summed E-state index contributed by atoms with van der Waals surface area (Å²) in [5, 5.41) is 3.10. The summed E-state index contributed by atoms with van der Waals surface area (Å²) in [7, 11) is -3.60. The Morgan fingerprint density at radius 3 is 2.27 bits per heavy atom. The number of benzene rings is 1. The lowest BCUT2D eigenvalue weighted by Gasteiger charge is -2.34. The molecule has 144 valence electrons. The van der Waals surface area contributed by atoms with Crippen molar-refractivity contribution in [2.75, 3.05) is 32.7 Å². The van der Waals surface area contributed by atoms with Crippen LogP contribution in [0.1, 0.15) is 20.3 Å². The minimum atomic E-state index is -3.60. The van der Waals surface area contributed by atoms with Gasteiger partial charge in [0.2, 0.25) is 21.8 Å². The zero-order valence-electron chi connectivity index (χ0n) is 14.9. The van der Waals surface area contributed by atoms with Crippen molar-refractivity contribution in [1.82, 2.24) is 14.5 Å². The van der Waals surface area contributed by atoms with Crippen molar-refractivity contribution in [1.29, 1.82) is 0 Å². The lowest BCUT2D eigenvalue weighted by atomic mass is 10.1. The number of hydrogen-bond acceptors (Lipinski definition) is 4. The minimum Gasteiger partial charge on any atom is -0.347 e. The first-order chi connectivity index (χ1) is 12.3. The smallest absolute Gasteiger partial charge is 0.243 e. The van der Waals surface area contributed by atoms with Crippen LogP contribution in [0.4, 0.5) is 0 Å². The molecule has 2 rings (SSSR count). The van der Waals surface area contributed by atoms with Crippen LogP contribution in [0.2, 0.25) is 5.02 Å². The molecule has 0 aromatic heterocycles. The second-order valence-corrected chi connectivity index (χ2v) is 8.64. The normalized spacial score (nSPS) is 17.0. The molecule has 0 spiro atoms. The third-order valence-electron chi connectivity index (χ3n) is 4.52. The molecular weight excluding hydrogens is 378 g/mol. The van der Waals surface area contributed by atoms with Crippen LogP contribution in [0, 0.1) is 5.92 Å². The van der Waals surface area contributed by atoms with Gasteiger partial charge in [0.05, 0.1) is 11.4 Å². The molecule has 0 radical (unpaired) electrons. The van der Waals surface area contributed by atoms with E-state index in [1.807, 2.05) is 6.92 Å². The third kappa shape index (κ3) is 4.96. The highest BCUT2D eigenvalue weighted by Crippen LogP contribution is 2.19. The van der Waals surface area contributed by atoms with E-state index in [2.05, 4.69) is 5.32 Å². The molecule has 1 aliphatic rings. The quantitative estimate of drug-likeness (QED) is 0.779. The number of amides is 2. The van der Waals surface area contributed by atoms with Gasteiger partial charge in [0.15, 0.2) is 0 Å². The maximum absolute atomic E-state index is 12.6. The van der Waals surface area contributed by atoms with Gasteiger partial charge in [-0.05, 0) is 30.7 Å². The summed E-state index contributed by atoms with van der Waals surface area (Å²) < 4.78 is 26.6. The predicted octanol–water partition coefficient (Wildman–Crippen LogP) is 1.34. The van der Waals surface area contributed by atoms with Crippen molar-refractivity contribution in [2.45, 2.75) is 25.2 Å². The van der Waals surface area contributed by atoms with Gasteiger partial charge in [0, 0.05) is 37.1 Å². The van der Waals surface area contributed by atoms with Crippen LogP contribution in [0.25, 0.3) is 0 Å². The van der Waals surface area contributed by atoms with E-state index in [-0.39, 0.29) is 42.3 Å². The Hall–Kier alpha value is -1.64. The molecule has 0 saturated carbocycles. The molecule has 1 aromatic carbocycles. The average Bonchev–Trinajstić information content (AvgIpc) is 2.65. The SMILES string of the molecule is CCC(C)C(=O)NCC(=O)N1CCN(S(=O)(=O)c2ccc(Cl)cc2)CC1. The van der Waals surface area contributed by atoms with E-state index >= 15 is 0 Å². The lowest BCUT2D eigenvalue weighted by Crippen LogP contribution is -2.52. The van der Waals surface area contributed by atoms with Gasteiger partial charge in [-0.3, -0.25) is 9.59 Å². The van der Waals surface area contributed by atoms with Gasteiger partial charge < -0.3 is 10.2 Å². The average molecular weight is 402 g/mol. The minimum absolute atomic E-state index is 0.0624. The van der Waals surface area contributed by atoms with Crippen molar-refractivity contribution in [3.8, 4) is 0 Å². The number of carbonyl (C=O) groups is 2. The number of nitrogens with zero attached hydrogens (tertiary/aromatic N) is 2. The van der Waals surface area contributed by atoms with Crippen molar-refractivity contribution in [3.05, 3.63) is 29.3 Å². The molecule has 1 aliphatic heterocycles. The Balaban J connectivity index is 1.89. The molecule has 9 heteroatoms. The van der Waals surface area contributed by atoms with Crippen LogP contribution < -0.4 is 5.32 Å².